The van der Waals surface area contributed by atoms with E-state index in [2.05, 4.69) is 10.2 Å². The lowest BCUT2D eigenvalue weighted by atomic mass is 10.1. The Bertz CT molecular complexity index is 756. The molecule has 5 nitrogen and oxygen atoms in total. The largest absolute Gasteiger partial charge is 0.491 e. The van der Waals surface area contributed by atoms with Crippen molar-refractivity contribution in [2.75, 3.05) is 6.61 Å². The van der Waals surface area contributed by atoms with Gasteiger partial charge in [-0.25, -0.2) is 8.78 Å². The Hall–Kier alpha value is -2.80. The number of nitrogens with zero attached hydrogens (tertiary/aromatic N) is 2. The summed E-state index contributed by atoms with van der Waals surface area (Å²) < 4.78 is 37.5. The van der Waals surface area contributed by atoms with Crippen molar-refractivity contribution in [1.82, 2.24) is 10.2 Å². The van der Waals surface area contributed by atoms with Crippen LogP contribution in [-0.4, -0.2) is 21.9 Å². The fraction of sp³-hybridized carbons (Fsp3) is 0.125. The van der Waals surface area contributed by atoms with Crippen molar-refractivity contribution in [1.29, 1.82) is 0 Å². The van der Waals surface area contributed by atoms with Crippen LogP contribution in [0.5, 0.6) is 5.75 Å². The van der Waals surface area contributed by atoms with Gasteiger partial charge in [-0.05, 0) is 36.4 Å². The van der Waals surface area contributed by atoms with Crippen LogP contribution >= 0.6 is 0 Å². The van der Waals surface area contributed by atoms with Crippen molar-refractivity contribution in [2.24, 2.45) is 0 Å². The molecule has 1 unspecified atom stereocenters. The summed E-state index contributed by atoms with van der Waals surface area (Å²) in [6, 6.07) is 10.0. The van der Waals surface area contributed by atoms with E-state index in [1.807, 2.05) is 0 Å². The second-order valence-corrected chi connectivity index (χ2v) is 4.73. The number of aromatic nitrogens is 2. The third kappa shape index (κ3) is 3.35. The molecule has 7 heteroatoms. The number of hydrogen-bond donors (Lipinski definition) is 1. The molecule has 118 valence electrons. The number of benzene rings is 2. The van der Waals surface area contributed by atoms with Gasteiger partial charge in [0.15, 0.2) is 0 Å². The maximum atomic E-state index is 13.6. The number of hydrogen-bond acceptors (Lipinski definition) is 5. The molecule has 1 heterocycles. The SMILES string of the molecule is OC(COc1ccc(-c2nnco2)cc1)c1c(F)cccc1F. The van der Waals surface area contributed by atoms with E-state index in [1.54, 1.807) is 24.3 Å². The molecule has 0 saturated heterocycles. The highest BCUT2D eigenvalue weighted by atomic mass is 19.1. The minimum atomic E-state index is -1.41. The molecule has 0 aliphatic heterocycles. The van der Waals surface area contributed by atoms with Crippen LogP contribution in [0.25, 0.3) is 11.5 Å². The van der Waals surface area contributed by atoms with E-state index in [0.717, 1.165) is 12.1 Å². The molecule has 0 fully saturated rings. The molecule has 1 atom stereocenters. The number of rotatable bonds is 5. The van der Waals surface area contributed by atoms with Crippen molar-refractivity contribution in [3.8, 4) is 17.2 Å². The van der Waals surface area contributed by atoms with Gasteiger partial charge in [0.2, 0.25) is 12.3 Å². The number of aliphatic hydroxyl groups excluding tert-OH is 1. The quantitative estimate of drug-likeness (QED) is 0.783. The van der Waals surface area contributed by atoms with E-state index in [4.69, 9.17) is 9.15 Å². The Morgan fingerprint density at radius 1 is 1.09 bits per heavy atom. The van der Waals surface area contributed by atoms with E-state index in [9.17, 15) is 13.9 Å². The average molecular weight is 318 g/mol. The summed E-state index contributed by atoms with van der Waals surface area (Å²) in [6.07, 6.45) is -0.189. The van der Waals surface area contributed by atoms with Gasteiger partial charge in [0, 0.05) is 5.56 Å². The summed E-state index contributed by atoms with van der Waals surface area (Å²) in [5.41, 5.74) is 0.297. The lowest BCUT2D eigenvalue weighted by Crippen LogP contribution is -2.13. The first-order valence-electron chi connectivity index (χ1n) is 6.76. The zero-order chi connectivity index (χ0) is 16.2. The fourth-order valence-electron chi connectivity index (χ4n) is 2.08. The van der Waals surface area contributed by atoms with E-state index in [1.165, 1.54) is 12.5 Å². The third-order valence-corrected chi connectivity index (χ3v) is 3.20. The third-order valence-electron chi connectivity index (χ3n) is 3.20. The van der Waals surface area contributed by atoms with Gasteiger partial charge >= 0.3 is 0 Å². The minimum absolute atomic E-state index is 0.280. The van der Waals surface area contributed by atoms with Crippen molar-refractivity contribution in [3.05, 3.63) is 66.1 Å². The first-order valence-corrected chi connectivity index (χ1v) is 6.76. The smallest absolute Gasteiger partial charge is 0.247 e. The minimum Gasteiger partial charge on any atom is -0.491 e. The van der Waals surface area contributed by atoms with Crippen LogP contribution < -0.4 is 4.74 Å². The zero-order valence-corrected chi connectivity index (χ0v) is 11.8. The van der Waals surface area contributed by atoms with Crippen LogP contribution in [0, 0.1) is 11.6 Å². The number of ether oxygens (including phenoxy) is 1. The standard InChI is InChI=1S/C16H12F2N2O3/c17-12-2-1-3-13(18)15(12)14(21)8-22-11-6-4-10(5-7-11)16-20-19-9-23-16/h1-7,9,14,21H,8H2. The molecule has 23 heavy (non-hydrogen) atoms. The predicted octanol–water partition coefficient (Wildman–Crippen LogP) is 3.13. The topological polar surface area (TPSA) is 68.4 Å². The monoisotopic (exact) mass is 318 g/mol. The summed E-state index contributed by atoms with van der Waals surface area (Å²) in [4.78, 5) is 0. The molecule has 0 saturated carbocycles. The van der Waals surface area contributed by atoms with Crippen LogP contribution in [0.15, 0.2) is 53.3 Å². The van der Waals surface area contributed by atoms with Gasteiger partial charge in [0.05, 0.1) is 5.56 Å². The van der Waals surface area contributed by atoms with Gasteiger partial charge in [-0.3, -0.25) is 0 Å². The van der Waals surface area contributed by atoms with Crippen molar-refractivity contribution < 1.29 is 23.0 Å². The molecule has 0 bridgehead atoms. The molecule has 3 rings (SSSR count). The van der Waals surface area contributed by atoms with Crippen molar-refractivity contribution >= 4 is 0 Å². The molecule has 1 N–H and O–H groups in total. The summed E-state index contributed by atoms with van der Waals surface area (Å²) in [5, 5.41) is 17.3. The maximum Gasteiger partial charge on any atom is 0.247 e. The Balaban J connectivity index is 1.66. The second-order valence-electron chi connectivity index (χ2n) is 4.73. The van der Waals surface area contributed by atoms with E-state index in [-0.39, 0.29) is 6.61 Å². The lowest BCUT2D eigenvalue weighted by Gasteiger charge is -2.14. The first-order chi connectivity index (χ1) is 11.1. The molecular formula is C16H12F2N2O3. The van der Waals surface area contributed by atoms with Crippen LogP contribution in [-0.2, 0) is 0 Å². The van der Waals surface area contributed by atoms with Crippen LogP contribution in [0.1, 0.15) is 11.7 Å². The fourth-order valence-corrected chi connectivity index (χ4v) is 2.08. The highest BCUT2D eigenvalue weighted by Crippen LogP contribution is 2.24. The van der Waals surface area contributed by atoms with Gasteiger partial charge < -0.3 is 14.3 Å². The number of halogens is 2. The highest BCUT2D eigenvalue weighted by Gasteiger charge is 2.18. The number of aliphatic hydroxyl groups is 1. The molecule has 1 aromatic heterocycles. The van der Waals surface area contributed by atoms with Crippen molar-refractivity contribution in [2.45, 2.75) is 6.10 Å². The summed E-state index contributed by atoms with van der Waals surface area (Å²) in [6.45, 7) is -0.280. The van der Waals surface area contributed by atoms with Crippen molar-refractivity contribution in [3.63, 3.8) is 0 Å². The maximum absolute atomic E-state index is 13.6. The van der Waals surface area contributed by atoms with Gasteiger partial charge in [0.1, 0.15) is 30.1 Å². The molecular weight excluding hydrogens is 306 g/mol. The zero-order valence-electron chi connectivity index (χ0n) is 11.8. The molecule has 0 radical (unpaired) electrons. The summed E-state index contributed by atoms with van der Waals surface area (Å²) in [5.74, 6) is -0.824. The Morgan fingerprint density at radius 2 is 1.78 bits per heavy atom. The average Bonchev–Trinajstić information content (AvgIpc) is 3.08. The lowest BCUT2D eigenvalue weighted by molar-refractivity contribution is 0.101. The molecule has 0 aliphatic rings. The molecule has 3 aromatic rings. The van der Waals surface area contributed by atoms with Crippen LogP contribution in [0.2, 0.25) is 0 Å². The predicted molar refractivity (Wildman–Crippen MR) is 76.5 cm³/mol. The van der Waals surface area contributed by atoms with E-state index in [0.29, 0.717) is 17.2 Å². The van der Waals surface area contributed by atoms with Gasteiger partial charge in [0.25, 0.3) is 0 Å². The van der Waals surface area contributed by atoms with Crippen LogP contribution in [0.3, 0.4) is 0 Å². The molecule has 0 amide bonds. The molecule has 0 spiro atoms. The van der Waals surface area contributed by atoms with E-state index >= 15 is 0 Å². The Kier molecular flexibility index (Phi) is 4.29. The Labute approximate surface area is 130 Å². The normalized spacial score (nSPS) is 12.1. The van der Waals surface area contributed by atoms with Gasteiger partial charge in [-0.2, -0.15) is 0 Å². The Morgan fingerprint density at radius 3 is 2.39 bits per heavy atom. The molecule has 2 aromatic carbocycles. The second kappa shape index (κ2) is 6.53. The first kappa shape index (κ1) is 15.1. The van der Waals surface area contributed by atoms with Gasteiger partial charge in [-0.1, -0.05) is 6.07 Å². The highest BCUT2D eigenvalue weighted by molar-refractivity contribution is 5.53. The van der Waals surface area contributed by atoms with Crippen LogP contribution in [0.4, 0.5) is 8.78 Å². The van der Waals surface area contributed by atoms with E-state index < -0.39 is 23.3 Å². The van der Waals surface area contributed by atoms with Gasteiger partial charge in [-0.15, -0.1) is 10.2 Å². The summed E-state index contributed by atoms with van der Waals surface area (Å²) >= 11 is 0. The summed E-state index contributed by atoms with van der Waals surface area (Å²) in [7, 11) is 0. The molecule has 0 aliphatic carbocycles.